The molecule has 0 spiro atoms. The lowest BCUT2D eigenvalue weighted by Crippen LogP contribution is -3.98. The smallest absolute Gasteiger partial charge is 0.396 e. The SMILES string of the molecule is CCN.Cl.[O-][I+2]([O-])O. The number of rotatable bonds is 0. The van der Waals surface area contributed by atoms with Crippen LogP contribution in [0, 0.1) is 0 Å². The minimum absolute atomic E-state index is 0. The summed E-state index contributed by atoms with van der Waals surface area (Å²) in [6, 6.07) is 0. The van der Waals surface area contributed by atoms with E-state index in [1.54, 1.807) is 0 Å². The van der Waals surface area contributed by atoms with Crippen LogP contribution in [0.25, 0.3) is 0 Å². The van der Waals surface area contributed by atoms with Crippen LogP contribution in [-0.4, -0.2) is 9.98 Å². The summed E-state index contributed by atoms with van der Waals surface area (Å²) in [6.07, 6.45) is 0. The molecule has 8 heavy (non-hydrogen) atoms. The minimum Gasteiger partial charge on any atom is -0.396 e. The molecule has 3 N–H and O–H groups in total. The molecule has 0 saturated heterocycles. The fourth-order valence-electron chi connectivity index (χ4n) is 0. The summed E-state index contributed by atoms with van der Waals surface area (Å²) in [6.45, 7) is 2.65. The van der Waals surface area contributed by atoms with Crippen LogP contribution in [0.5, 0.6) is 0 Å². The quantitative estimate of drug-likeness (QED) is 0.423. The predicted molar refractivity (Wildman–Crippen MR) is 24.2 cm³/mol. The fourth-order valence-corrected chi connectivity index (χ4v) is 0. The summed E-state index contributed by atoms with van der Waals surface area (Å²) < 4.78 is 24.5. The van der Waals surface area contributed by atoms with Crippen LogP contribution in [0.2, 0.25) is 0 Å². The Bertz CT molecular complexity index is 28.5. The van der Waals surface area contributed by atoms with E-state index in [4.69, 9.17) is 16.0 Å². The second-order valence-electron chi connectivity index (χ2n) is 0.609. The topological polar surface area (TPSA) is 92.4 Å². The molecule has 0 bridgehead atoms. The first kappa shape index (κ1) is 15.9. The molecule has 0 unspecified atom stereocenters. The molecular weight excluding hydrogens is 248 g/mol. The lowest BCUT2D eigenvalue weighted by Gasteiger charge is -1.67. The molecule has 0 rings (SSSR count). The van der Waals surface area contributed by atoms with E-state index >= 15 is 0 Å². The summed E-state index contributed by atoms with van der Waals surface area (Å²) in [4.78, 5) is 0. The predicted octanol–water partition coefficient (Wildman–Crippen LogP) is -5.54. The van der Waals surface area contributed by atoms with Crippen LogP contribution in [-0.2, 0) is 0 Å². The van der Waals surface area contributed by atoms with Gasteiger partial charge in [-0.25, -0.2) is 0 Å². The zero-order valence-electron chi connectivity index (χ0n) is 4.33. The second-order valence-corrected chi connectivity index (χ2v) is 1.76. The van der Waals surface area contributed by atoms with E-state index in [-0.39, 0.29) is 12.4 Å². The molecule has 0 fully saturated rings. The normalized spacial score (nSPS) is 6.75. The molecule has 4 nitrogen and oxygen atoms in total. The number of hydrogen-bond acceptors (Lipinski definition) is 4. The first-order valence-electron chi connectivity index (χ1n) is 1.59. The van der Waals surface area contributed by atoms with Gasteiger partial charge in [0.05, 0.1) is 0 Å². The monoisotopic (exact) mass is 257 g/mol. The van der Waals surface area contributed by atoms with Gasteiger partial charge < -0.3 is 12.6 Å². The highest BCUT2D eigenvalue weighted by atomic mass is 127. The molecule has 0 heterocycles. The van der Waals surface area contributed by atoms with E-state index < -0.39 is 21.1 Å². The molecule has 0 aliphatic rings. The van der Waals surface area contributed by atoms with Gasteiger partial charge in [0, 0.05) is 0 Å². The molecule has 0 amide bonds. The third-order valence-electron chi connectivity index (χ3n) is 0. The Morgan fingerprint density at radius 3 is 1.62 bits per heavy atom. The standard InChI is InChI=1S/C2H7N.ClH.HIO3/c1-2-3;;2-1(3)4/h2-3H2,1H3;1H;2H. The van der Waals surface area contributed by atoms with Crippen molar-refractivity contribution in [3.8, 4) is 0 Å². The molecule has 0 aliphatic heterocycles. The zero-order chi connectivity index (χ0) is 6.28. The second kappa shape index (κ2) is 15.7. The van der Waals surface area contributed by atoms with E-state index in [2.05, 4.69) is 0 Å². The van der Waals surface area contributed by atoms with Gasteiger partial charge in [0.1, 0.15) is 0 Å². The van der Waals surface area contributed by atoms with Gasteiger partial charge in [-0.1, -0.05) is 6.92 Å². The van der Waals surface area contributed by atoms with Crippen molar-refractivity contribution < 1.29 is 31.4 Å². The first-order valence-corrected chi connectivity index (χ1v) is 4.32. The van der Waals surface area contributed by atoms with Crippen molar-refractivity contribution in [2.75, 3.05) is 6.54 Å². The first-order chi connectivity index (χ1) is 3.15. The highest BCUT2D eigenvalue weighted by Gasteiger charge is 1.89. The fraction of sp³-hybridized carbons (Fsp3) is 1.00. The van der Waals surface area contributed by atoms with Crippen molar-refractivity contribution in [2.45, 2.75) is 6.92 Å². The van der Waals surface area contributed by atoms with Gasteiger partial charge in [-0.15, -0.1) is 12.4 Å². The zero-order valence-corrected chi connectivity index (χ0v) is 7.31. The van der Waals surface area contributed by atoms with Crippen LogP contribution >= 0.6 is 12.4 Å². The molecule has 6 heteroatoms. The minimum atomic E-state index is -3.76. The Kier molecular flexibility index (Phi) is 31.2. The average molecular weight is 257 g/mol. The maximum atomic E-state index is 8.68. The maximum absolute atomic E-state index is 8.68. The van der Waals surface area contributed by atoms with Gasteiger partial charge in [-0.05, 0) is 9.98 Å². The molecule has 0 aromatic carbocycles. The summed E-state index contributed by atoms with van der Waals surface area (Å²) in [5.74, 6) is 0. The third kappa shape index (κ3) is 319. The lowest BCUT2D eigenvalue weighted by atomic mass is 10.8. The van der Waals surface area contributed by atoms with Crippen molar-refractivity contribution in [3.63, 3.8) is 0 Å². The number of nitrogens with two attached hydrogens (primary N) is 1. The van der Waals surface area contributed by atoms with Gasteiger partial charge in [0.25, 0.3) is 0 Å². The highest BCUT2D eigenvalue weighted by Crippen LogP contribution is 1.20. The van der Waals surface area contributed by atoms with E-state index in [1.165, 1.54) is 0 Å². The van der Waals surface area contributed by atoms with Crippen LogP contribution in [0.4, 0.5) is 0 Å². The Morgan fingerprint density at radius 1 is 1.62 bits per heavy atom. The van der Waals surface area contributed by atoms with Gasteiger partial charge in [0.2, 0.25) is 0 Å². The Labute approximate surface area is 63.2 Å². The summed E-state index contributed by atoms with van der Waals surface area (Å²) >= 11 is -3.76. The Hall–Kier alpha value is 0.860. The van der Waals surface area contributed by atoms with E-state index in [1.807, 2.05) is 6.92 Å². The lowest BCUT2D eigenvalue weighted by molar-refractivity contribution is -1.63. The van der Waals surface area contributed by atoms with Gasteiger partial charge >= 0.3 is 21.1 Å². The molecule has 0 aromatic rings. The van der Waals surface area contributed by atoms with Crippen LogP contribution in [0.1, 0.15) is 6.92 Å². The molecule has 0 radical (unpaired) electrons. The Morgan fingerprint density at radius 2 is 1.62 bits per heavy atom. The van der Waals surface area contributed by atoms with Crippen LogP contribution < -0.4 is 33.7 Å². The van der Waals surface area contributed by atoms with E-state index in [0.29, 0.717) is 0 Å². The molecule has 0 aromatic heterocycles. The molecular formula is C2H9ClINO3. The van der Waals surface area contributed by atoms with E-state index in [9.17, 15) is 0 Å². The molecule has 54 valence electrons. The Balaban J connectivity index is -0.0000000575. The van der Waals surface area contributed by atoms with Crippen LogP contribution in [0.15, 0.2) is 0 Å². The highest BCUT2D eigenvalue weighted by molar-refractivity contribution is 5.85. The number of hydrogen-bond donors (Lipinski definition) is 2. The average Bonchev–Trinajstić information content (AvgIpc) is 1.33. The van der Waals surface area contributed by atoms with Crippen molar-refractivity contribution >= 4 is 12.4 Å². The molecule has 0 saturated carbocycles. The van der Waals surface area contributed by atoms with Crippen LogP contribution in [0.3, 0.4) is 0 Å². The van der Waals surface area contributed by atoms with Gasteiger partial charge in [-0.2, -0.15) is 0 Å². The summed E-state index contributed by atoms with van der Waals surface area (Å²) in [5, 5.41) is 0. The third-order valence-corrected chi connectivity index (χ3v) is 0. The van der Waals surface area contributed by atoms with Crippen molar-refractivity contribution in [2.24, 2.45) is 5.73 Å². The van der Waals surface area contributed by atoms with Crippen molar-refractivity contribution in [1.29, 1.82) is 0 Å². The summed E-state index contributed by atoms with van der Waals surface area (Å²) in [7, 11) is 0. The molecule has 0 atom stereocenters. The van der Waals surface area contributed by atoms with E-state index in [0.717, 1.165) is 6.54 Å². The van der Waals surface area contributed by atoms with Gasteiger partial charge in [0.15, 0.2) is 0 Å². The largest absolute Gasteiger partial charge is 0.503 e. The van der Waals surface area contributed by atoms with Crippen molar-refractivity contribution in [1.82, 2.24) is 0 Å². The molecule has 0 aliphatic carbocycles. The summed E-state index contributed by atoms with van der Waals surface area (Å²) in [5.41, 5.74) is 4.85. The van der Waals surface area contributed by atoms with Crippen molar-refractivity contribution in [3.05, 3.63) is 0 Å². The number of halogens is 2. The maximum Gasteiger partial charge on any atom is 0.503 e. The van der Waals surface area contributed by atoms with Gasteiger partial charge in [-0.3, -0.25) is 0 Å².